The highest BCUT2D eigenvalue weighted by Gasteiger charge is 2.51. The fraction of sp³-hybridized carbons (Fsp3) is 0.500. The SMILES string of the molecule is CN(C)c1ccc(/C=N\NC(=O)CN(c2ccc(C34CC5CC(CC(C5)C3)C4)cc2)S(C)(=O)=O)cc1. The molecule has 4 aliphatic rings. The molecule has 0 aromatic heterocycles. The molecule has 6 rings (SSSR count). The van der Waals surface area contributed by atoms with E-state index in [1.54, 1.807) is 6.21 Å². The number of anilines is 2. The van der Waals surface area contributed by atoms with Crippen LogP contribution in [0.5, 0.6) is 0 Å². The maximum absolute atomic E-state index is 12.6. The van der Waals surface area contributed by atoms with E-state index >= 15 is 0 Å². The van der Waals surface area contributed by atoms with Crippen LogP contribution in [-0.4, -0.2) is 47.4 Å². The number of rotatable bonds is 8. The largest absolute Gasteiger partial charge is 0.378 e. The number of carbonyl (C=O) groups excluding carboxylic acids is 1. The standard InChI is InChI=1S/C28H36N4O3S/c1-31(2)25-8-4-20(5-9-25)18-29-30-27(33)19-32(36(3,34)35)26-10-6-24(7-11-26)28-15-21-12-22(16-28)14-23(13-21)17-28/h4-11,18,21-23H,12-17,19H2,1-3H3,(H,30,33)/b29-18-. The first-order chi connectivity index (χ1) is 17.1. The second-order valence-corrected chi connectivity index (χ2v) is 13.2. The summed E-state index contributed by atoms with van der Waals surface area (Å²) in [6.07, 6.45) is 10.6. The highest BCUT2D eigenvalue weighted by molar-refractivity contribution is 7.92. The molecule has 0 atom stereocenters. The summed E-state index contributed by atoms with van der Waals surface area (Å²) in [7, 11) is 0.287. The molecule has 8 heteroatoms. The van der Waals surface area contributed by atoms with Crippen molar-refractivity contribution in [3.63, 3.8) is 0 Å². The molecule has 1 amide bonds. The second kappa shape index (κ2) is 9.54. The summed E-state index contributed by atoms with van der Waals surface area (Å²) in [5.74, 6) is 2.04. The third-order valence-corrected chi connectivity index (χ3v) is 9.45. The molecule has 4 fully saturated rings. The number of carbonyl (C=O) groups is 1. The molecule has 2 aromatic carbocycles. The summed E-state index contributed by atoms with van der Waals surface area (Å²) >= 11 is 0. The number of sulfonamides is 1. The van der Waals surface area contributed by atoms with Crippen LogP contribution < -0.4 is 14.6 Å². The molecule has 7 nitrogen and oxygen atoms in total. The lowest BCUT2D eigenvalue weighted by Crippen LogP contribution is -2.48. The lowest BCUT2D eigenvalue weighted by Gasteiger charge is -2.57. The van der Waals surface area contributed by atoms with Gasteiger partial charge in [-0.2, -0.15) is 5.10 Å². The van der Waals surface area contributed by atoms with Crippen molar-refractivity contribution < 1.29 is 13.2 Å². The maximum Gasteiger partial charge on any atom is 0.260 e. The Hall–Kier alpha value is -2.87. The zero-order chi connectivity index (χ0) is 25.5. The third kappa shape index (κ3) is 5.14. The van der Waals surface area contributed by atoms with E-state index in [4.69, 9.17) is 0 Å². The van der Waals surface area contributed by atoms with Crippen molar-refractivity contribution in [1.82, 2.24) is 5.43 Å². The van der Waals surface area contributed by atoms with E-state index < -0.39 is 15.9 Å². The first kappa shape index (κ1) is 24.8. The smallest absolute Gasteiger partial charge is 0.260 e. The van der Waals surface area contributed by atoms with Crippen LogP contribution in [0.25, 0.3) is 0 Å². The Morgan fingerprint density at radius 3 is 1.97 bits per heavy atom. The van der Waals surface area contributed by atoms with Gasteiger partial charge in [0.25, 0.3) is 5.91 Å². The molecule has 0 radical (unpaired) electrons. The Bertz CT molecular complexity index is 1200. The molecule has 4 aliphatic carbocycles. The Kier molecular flexibility index (Phi) is 6.57. The van der Waals surface area contributed by atoms with Gasteiger partial charge in [0.15, 0.2) is 0 Å². The van der Waals surface area contributed by atoms with Gasteiger partial charge in [0, 0.05) is 19.8 Å². The van der Waals surface area contributed by atoms with Crippen molar-refractivity contribution in [2.45, 2.75) is 43.9 Å². The van der Waals surface area contributed by atoms with Gasteiger partial charge in [-0.05, 0) is 97.1 Å². The van der Waals surface area contributed by atoms with Crippen molar-refractivity contribution >= 4 is 33.5 Å². The highest BCUT2D eigenvalue weighted by Crippen LogP contribution is 2.60. The predicted octanol–water partition coefficient (Wildman–Crippen LogP) is 4.14. The predicted molar refractivity (Wildman–Crippen MR) is 145 cm³/mol. The van der Waals surface area contributed by atoms with Gasteiger partial charge in [-0.15, -0.1) is 0 Å². The van der Waals surface area contributed by atoms with Crippen molar-refractivity contribution in [2.75, 3.05) is 36.1 Å². The fourth-order valence-corrected chi connectivity index (χ4v) is 7.91. The molecule has 4 saturated carbocycles. The summed E-state index contributed by atoms with van der Waals surface area (Å²) in [6, 6.07) is 15.6. The second-order valence-electron chi connectivity index (χ2n) is 11.3. The van der Waals surface area contributed by atoms with Gasteiger partial charge in [-0.25, -0.2) is 13.8 Å². The van der Waals surface area contributed by atoms with E-state index in [1.165, 1.54) is 44.1 Å². The van der Waals surface area contributed by atoms with Crippen LogP contribution in [0.1, 0.15) is 49.7 Å². The van der Waals surface area contributed by atoms with Gasteiger partial charge < -0.3 is 4.90 Å². The summed E-state index contributed by atoms with van der Waals surface area (Å²) in [4.78, 5) is 14.6. The molecule has 4 bridgehead atoms. The Labute approximate surface area is 214 Å². The van der Waals surface area contributed by atoms with Gasteiger partial charge in [-0.3, -0.25) is 9.10 Å². The summed E-state index contributed by atoms with van der Waals surface area (Å²) in [6.45, 7) is -0.327. The Morgan fingerprint density at radius 2 is 1.47 bits per heavy atom. The molecule has 192 valence electrons. The van der Waals surface area contributed by atoms with E-state index in [-0.39, 0.29) is 12.0 Å². The van der Waals surface area contributed by atoms with E-state index in [0.29, 0.717) is 5.69 Å². The minimum Gasteiger partial charge on any atom is -0.378 e. The first-order valence-corrected chi connectivity index (χ1v) is 14.6. The van der Waals surface area contributed by atoms with Crippen LogP contribution in [0.3, 0.4) is 0 Å². The average molecular weight is 509 g/mol. The van der Waals surface area contributed by atoms with Crippen LogP contribution in [0, 0.1) is 17.8 Å². The average Bonchev–Trinajstić information content (AvgIpc) is 2.81. The quantitative estimate of drug-likeness (QED) is 0.429. The summed E-state index contributed by atoms with van der Waals surface area (Å²) < 4.78 is 26.3. The van der Waals surface area contributed by atoms with Gasteiger partial charge in [0.1, 0.15) is 6.54 Å². The molecular formula is C28H36N4O3S. The number of benzene rings is 2. The van der Waals surface area contributed by atoms with Crippen LogP contribution in [0.4, 0.5) is 11.4 Å². The van der Waals surface area contributed by atoms with Crippen molar-refractivity contribution in [1.29, 1.82) is 0 Å². The van der Waals surface area contributed by atoms with Crippen LogP contribution in [0.2, 0.25) is 0 Å². The van der Waals surface area contributed by atoms with Crippen molar-refractivity contribution in [3.05, 3.63) is 59.7 Å². The van der Waals surface area contributed by atoms with Gasteiger partial charge in [0.2, 0.25) is 10.0 Å². The lowest BCUT2D eigenvalue weighted by atomic mass is 9.48. The highest BCUT2D eigenvalue weighted by atomic mass is 32.2. The molecule has 0 aliphatic heterocycles. The minimum atomic E-state index is -3.65. The van der Waals surface area contributed by atoms with Crippen LogP contribution in [-0.2, 0) is 20.2 Å². The monoisotopic (exact) mass is 508 g/mol. The van der Waals surface area contributed by atoms with Crippen molar-refractivity contribution in [3.8, 4) is 0 Å². The minimum absolute atomic E-state index is 0.250. The topological polar surface area (TPSA) is 82.1 Å². The Morgan fingerprint density at radius 1 is 0.944 bits per heavy atom. The van der Waals surface area contributed by atoms with E-state index in [1.807, 2.05) is 55.4 Å². The number of hydrazone groups is 1. The van der Waals surface area contributed by atoms with Gasteiger partial charge in [0.05, 0.1) is 18.2 Å². The number of nitrogens with zero attached hydrogens (tertiary/aromatic N) is 3. The fourth-order valence-electron chi connectivity index (χ4n) is 7.05. The molecule has 0 heterocycles. The van der Waals surface area contributed by atoms with E-state index in [9.17, 15) is 13.2 Å². The number of nitrogens with one attached hydrogen (secondary N) is 1. The van der Waals surface area contributed by atoms with Crippen LogP contribution in [0.15, 0.2) is 53.6 Å². The zero-order valence-electron chi connectivity index (χ0n) is 21.4. The molecule has 0 unspecified atom stereocenters. The lowest BCUT2D eigenvalue weighted by molar-refractivity contribution is -0.119. The molecule has 0 saturated heterocycles. The maximum atomic E-state index is 12.6. The Balaban J connectivity index is 1.25. The third-order valence-electron chi connectivity index (χ3n) is 8.31. The molecule has 1 N–H and O–H groups in total. The van der Waals surface area contributed by atoms with E-state index in [2.05, 4.69) is 22.7 Å². The van der Waals surface area contributed by atoms with E-state index in [0.717, 1.165) is 39.6 Å². The van der Waals surface area contributed by atoms with Crippen LogP contribution >= 0.6 is 0 Å². The van der Waals surface area contributed by atoms with Gasteiger partial charge >= 0.3 is 0 Å². The zero-order valence-corrected chi connectivity index (χ0v) is 22.2. The number of hydrogen-bond donors (Lipinski definition) is 1. The number of hydrogen-bond acceptors (Lipinski definition) is 5. The molecule has 36 heavy (non-hydrogen) atoms. The normalized spacial score (nSPS) is 26.8. The number of amides is 1. The summed E-state index contributed by atoms with van der Waals surface area (Å²) in [5, 5.41) is 4.01. The molecular weight excluding hydrogens is 472 g/mol. The molecule has 0 spiro atoms. The summed E-state index contributed by atoms with van der Waals surface area (Å²) in [5.41, 5.74) is 6.43. The molecule has 2 aromatic rings. The van der Waals surface area contributed by atoms with Gasteiger partial charge in [-0.1, -0.05) is 24.3 Å². The first-order valence-electron chi connectivity index (χ1n) is 12.8. The van der Waals surface area contributed by atoms with Crippen molar-refractivity contribution in [2.24, 2.45) is 22.9 Å².